The third-order valence-corrected chi connectivity index (χ3v) is 3.24. The Morgan fingerprint density at radius 2 is 2.07 bits per heavy atom. The molecule has 1 heterocycles. The minimum Gasteiger partial charge on any atom is -0.173 e. The molecule has 2 aromatic rings. The number of hydrogen-bond donors (Lipinski definition) is 0. The van der Waals surface area contributed by atoms with Gasteiger partial charge in [0.25, 0.3) is 0 Å². The number of fused-ring (bicyclic) bond motifs is 1. The monoisotopic (exact) mass is 220 g/mol. The van der Waals surface area contributed by atoms with Gasteiger partial charge >= 0.3 is 0 Å². The van der Waals surface area contributed by atoms with Crippen LogP contribution in [0.15, 0.2) is 18.2 Å². The zero-order valence-electron chi connectivity index (χ0n) is 9.23. The highest BCUT2D eigenvalue weighted by atomic mass is 32.1. The molecule has 1 aromatic heterocycles. The molecular weight excluding hydrogens is 204 g/mol. The average molecular weight is 220 g/mol. The van der Waals surface area contributed by atoms with Gasteiger partial charge < -0.3 is 0 Å². The van der Waals surface area contributed by atoms with Gasteiger partial charge in [-0.2, -0.15) is 8.75 Å². The second kappa shape index (κ2) is 4.71. The zero-order chi connectivity index (χ0) is 10.7. The molecule has 1 unspecified atom stereocenters. The van der Waals surface area contributed by atoms with Crippen molar-refractivity contribution in [1.29, 1.82) is 0 Å². The Morgan fingerprint density at radius 3 is 2.87 bits per heavy atom. The molecule has 2 rings (SSSR count). The Labute approximate surface area is 94.7 Å². The highest BCUT2D eigenvalue weighted by Crippen LogP contribution is 2.18. The molecule has 3 heteroatoms. The Morgan fingerprint density at radius 1 is 1.27 bits per heavy atom. The molecule has 0 radical (unpaired) electrons. The van der Waals surface area contributed by atoms with Crippen LogP contribution in [0.1, 0.15) is 32.3 Å². The van der Waals surface area contributed by atoms with Gasteiger partial charge in [0.05, 0.1) is 11.7 Å². The Balaban J connectivity index is 2.14. The summed E-state index contributed by atoms with van der Waals surface area (Å²) < 4.78 is 8.47. The summed E-state index contributed by atoms with van der Waals surface area (Å²) in [5.74, 6) is 0.763. The maximum atomic E-state index is 4.26. The van der Waals surface area contributed by atoms with Crippen molar-refractivity contribution in [3.63, 3.8) is 0 Å². The van der Waals surface area contributed by atoms with E-state index in [2.05, 4.69) is 40.8 Å². The fourth-order valence-electron chi connectivity index (χ4n) is 1.95. The average Bonchev–Trinajstić information content (AvgIpc) is 2.65. The fourth-order valence-corrected chi connectivity index (χ4v) is 2.47. The molecule has 1 aromatic carbocycles. The van der Waals surface area contributed by atoms with Crippen molar-refractivity contribution in [2.24, 2.45) is 5.92 Å². The highest BCUT2D eigenvalue weighted by molar-refractivity contribution is 7.00. The lowest BCUT2D eigenvalue weighted by atomic mass is 9.97. The zero-order valence-corrected chi connectivity index (χ0v) is 10.0. The molecule has 0 aliphatic carbocycles. The van der Waals surface area contributed by atoms with Crippen molar-refractivity contribution in [2.75, 3.05) is 0 Å². The van der Waals surface area contributed by atoms with E-state index in [1.165, 1.54) is 30.1 Å². The van der Waals surface area contributed by atoms with E-state index < -0.39 is 0 Å². The predicted octanol–water partition coefficient (Wildman–Crippen LogP) is 3.67. The van der Waals surface area contributed by atoms with Gasteiger partial charge in [-0.05, 0) is 30.0 Å². The van der Waals surface area contributed by atoms with Gasteiger partial charge in [-0.15, -0.1) is 0 Å². The Hall–Kier alpha value is -0.960. The maximum Gasteiger partial charge on any atom is 0.105 e. The molecular formula is C12H16N2S. The van der Waals surface area contributed by atoms with E-state index in [0.29, 0.717) is 0 Å². The van der Waals surface area contributed by atoms with E-state index in [9.17, 15) is 0 Å². The summed E-state index contributed by atoms with van der Waals surface area (Å²) in [6.07, 6.45) is 3.72. The van der Waals surface area contributed by atoms with Crippen LogP contribution < -0.4 is 0 Å². The molecule has 0 N–H and O–H groups in total. The normalized spacial score (nSPS) is 13.2. The number of aromatic nitrogens is 2. The summed E-state index contributed by atoms with van der Waals surface area (Å²) in [5.41, 5.74) is 3.45. The minimum absolute atomic E-state index is 0.763. The van der Waals surface area contributed by atoms with Crippen molar-refractivity contribution in [2.45, 2.75) is 33.1 Å². The first-order valence-electron chi connectivity index (χ1n) is 5.50. The summed E-state index contributed by atoms with van der Waals surface area (Å²) in [5, 5.41) is 0. The molecule has 0 fully saturated rings. The van der Waals surface area contributed by atoms with Crippen molar-refractivity contribution >= 4 is 22.8 Å². The van der Waals surface area contributed by atoms with Crippen LogP contribution in [-0.4, -0.2) is 8.75 Å². The quantitative estimate of drug-likeness (QED) is 0.785. The van der Waals surface area contributed by atoms with Crippen LogP contribution in [-0.2, 0) is 6.42 Å². The number of rotatable bonds is 4. The van der Waals surface area contributed by atoms with Gasteiger partial charge in [0.2, 0.25) is 0 Å². The molecule has 1 atom stereocenters. The van der Waals surface area contributed by atoms with Crippen molar-refractivity contribution in [3.8, 4) is 0 Å². The standard InChI is InChI=1S/C12H16N2S/c1-3-4-9(2)7-10-5-6-11-12(8-10)14-15-13-11/h5-6,8-9H,3-4,7H2,1-2H3. The lowest BCUT2D eigenvalue weighted by molar-refractivity contribution is 0.523. The van der Waals surface area contributed by atoms with Crippen LogP contribution in [0.2, 0.25) is 0 Å². The molecule has 15 heavy (non-hydrogen) atoms. The molecule has 0 aliphatic heterocycles. The Kier molecular flexibility index (Phi) is 3.31. The summed E-state index contributed by atoms with van der Waals surface area (Å²) >= 11 is 1.29. The van der Waals surface area contributed by atoms with Crippen LogP contribution in [0.25, 0.3) is 11.0 Å². The van der Waals surface area contributed by atoms with Crippen LogP contribution in [0.5, 0.6) is 0 Å². The van der Waals surface area contributed by atoms with Crippen LogP contribution >= 0.6 is 11.7 Å². The first kappa shape index (κ1) is 10.6. The van der Waals surface area contributed by atoms with Gasteiger partial charge in [-0.25, -0.2) is 0 Å². The molecule has 0 saturated carbocycles. The third-order valence-electron chi connectivity index (χ3n) is 2.68. The maximum absolute atomic E-state index is 4.26. The second-order valence-corrected chi connectivity index (χ2v) is 4.71. The topological polar surface area (TPSA) is 25.8 Å². The lowest BCUT2D eigenvalue weighted by Gasteiger charge is -2.09. The van der Waals surface area contributed by atoms with Crippen LogP contribution in [0.3, 0.4) is 0 Å². The van der Waals surface area contributed by atoms with E-state index in [1.54, 1.807) is 0 Å². The van der Waals surface area contributed by atoms with E-state index in [-0.39, 0.29) is 0 Å². The number of nitrogens with zero attached hydrogens (tertiary/aromatic N) is 2. The largest absolute Gasteiger partial charge is 0.173 e. The van der Waals surface area contributed by atoms with Gasteiger partial charge in [-0.3, -0.25) is 0 Å². The van der Waals surface area contributed by atoms with E-state index >= 15 is 0 Å². The van der Waals surface area contributed by atoms with Crippen molar-refractivity contribution < 1.29 is 0 Å². The van der Waals surface area contributed by atoms with Gasteiger partial charge in [0.1, 0.15) is 11.0 Å². The molecule has 0 aliphatic rings. The molecule has 0 spiro atoms. The first-order chi connectivity index (χ1) is 7.29. The van der Waals surface area contributed by atoms with Gasteiger partial charge in [0, 0.05) is 0 Å². The van der Waals surface area contributed by atoms with E-state index in [4.69, 9.17) is 0 Å². The van der Waals surface area contributed by atoms with Crippen molar-refractivity contribution in [3.05, 3.63) is 23.8 Å². The molecule has 0 bridgehead atoms. The SMILES string of the molecule is CCCC(C)Cc1ccc2nsnc2c1. The van der Waals surface area contributed by atoms with E-state index in [0.717, 1.165) is 23.4 Å². The minimum atomic E-state index is 0.763. The first-order valence-corrected chi connectivity index (χ1v) is 6.24. The Bertz CT molecular complexity index is 436. The summed E-state index contributed by atoms with van der Waals surface area (Å²) in [6.45, 7) is 4.55. The van der Waals surface area contributed by atoms with Gasteiger partial charge in [0.15, 0.2) is 0 Å². The molecule has 80 valence electrons. The van der Waals surface area contributed by atoms with Gasteiger partial charge in [-0.1, -0.05) is 32.8 Å². The summed E-state index contributed by atoms with van der Waals surface area (Å²) in [4.78, 5) is 0. The number of benzene rings is 1. The fraction of sp³-hybridized carbons (Fsp3) is 0.500. The summed E-state index contributed by atoms with van der Waals surface area (Å²) in [7, 11) is 0. The second-order valence-electron chi connectivity index (χ2n) is 4.19. The van der Waals surface area contributed by atoms with E-state index in [1.807, 2.05) is 0 Å². The third kappa shape index (κ3) is 2.53. The highest BCUT2D eigenvalue weighted by Gasteiger charge is 2.04. The molecule has 0 amide bonds. The van der Waals surface area contributed by atoms with Crippen LogP contribution in [0.4, 0.5) is 0 Å². The molecule has 0 saturated heterocycles. The predicted molar refractivity (Wildman–Crippen MR) is 65.2 cm³/mol. The summed E-state index contributed by atoms with van der Waals surface area (Å²) in [6, 6.07) is 6.42. The van der Waals surface area contributed by atoms with Crippen molar-refractivity contribution in [1.82, 2.24) is 8.75 Å². The molecule has 2 nitrogen and oxygen atoms in total. The smallest absolute Gasteiger partial charge is 0.105 e. The van der Waals surface area contributed by atoms with Crippen LogP contribution in [0, 0.1) is 5.92 Å². The lowest BCUT2D eigenvalue weighted by Crippen LogP contribution is -1.98. The number of hydrogen-bond acceptors (Lipinski definition) is 3.